The van der Waals surface area contributed by atoms with E-state index in [-0.39, 0.29) is 5.56 Å². The van der Waals surface area contributed by atoms with Crippen LogP contribution in [-0.2, 0) is 6.18 Å². The Kier molecular flexibility index (Phi) is 5.66. The number of hydrogen-bond acceptors (Lipinski definition) is 5. The fourth-order valence-electron chi connectivity index (χ4n) is 2.54. The summed E-state index contributed by atoms with van der Waals surface area (Å²) in [6.45, 7) is 1.58. The van der Waals surface area contributed by atoms with Gasteiger partial charge in [-0.15, -0.1) is 0 Å². The first-order chi connectivity index (χ1) is 13.7. The number of aromatic nitrogens is 2. The van der Waals surface area contributed by atoms with Crippen molar-refractivity contribution in [1.82, 2.24) is 9.78 Å². The zero-order chi connectivity index (χ0) is 21.2. The first-order valence-electron chi connectivity index (χ1n) is 8.28. The summed E-state index contributed by atoms with van der Waals surface area (Å²) in [5, 5.41) is 14.1. The van der Waals surface area contributed by atoms with Crippen LogP contribution in [0.2, 0.25) is 0 Å². The molecule has 0 aliphatic carbocycles. The Bertz CT molecular complexity index is 1130. The van der Waals surface area contributed by atoms with Gasteiger partial charge in [0.25, 0.3) is 5.56 Å². The van der Waals surface area contributed by atoms with E-state index in [1.165, 1.54) is 19.2 Å². The van der Waals surface area contributed by atoms with Crippen molar-refractivity contribution >= 4 is 11.8 Å². The van der Waals surface area contributed by atoms with Crippen LogP contribution in [-0.4, -0.2) is 16.9 Å². The molecule has 148 valence electrons. The van der Waals surface area contributed by atoms with Crippen molar-refractivity contribution in [3.8, 4) is 17.5 Å². The van der Waals surface area contributed by atoms with E-state index in [1.807, 2.05) is 6.07 Å². The van der Waals surface area contributed by atoms with Gasteiger partial charge < -0.3 is 4.74 Å². The Morgan fingerprint density at radius 2 is 1.72 bits per heavy atom. The van der Waals surface area contributed by atoms with Gasteiger partial charge in [0.1, 0.15) is 22.4 Å². The van der Waals surface area contributed by atoms with Gasteiger partial charge in [0, 0.05) is 10.5 Å². The predicted octanol–water partition coefficient (Wildman–Crippen LogP) is 4.59. The SMILES string of the molecule is COc1ccc(-n2nc(Sc3ccc(C(F)(F)F)cc3)c(C)c(C#N)c2=O)cc1. The highest BCUT2D eigenvalue weighted by atomic mass is 32.2. The van der Waals surface area contributed by atoms with Gasteiger partial charge in [0.15, 0.2) is 0 Å². The van der Waals surface area contributed by atoms with Crippen LogP contribution >= 0.6 is 11.8 Å². The second-order valence-electron chi connectivity index (χ2n) is 5.96. The number of rotatable bonds is 4. The summed E-state index contributed by atoms with van der Waals surface area (Å²) in [5.74, 6) is 0.591. The molecule has 29 heavy (non-hydrogen) atoms. The minimum atomic E-state index is -4.42. The lowest BCUT2D eigenvalue weighted by atomic mass is 10.2. The largest absolute Gasteiger partial charge is 0.497 e. The van der Waals surface area contributed by atoms with Gasteiger partial charge in [0.2, 0.25) is 0 Å². The molecule has 5 nitrogen and oxygen atoms in total. The normalized spacial score (nSPS) is 11.2. The Labute approximate surface area is 168 Å². The summed E-state index contributed by atoms with van der Waals surface area (Å²) in [5.41, 5.74) is -0.613. The van der Waals surface area contributed by atoms with E-state index in [0.29, 0.717) is 26.9 Å². The zero-order valence-corrected chi connectivity index (χ0v) is 16.1. The fraction of sp³-hybridized carbons (Fsp3) is 0.150. The third-order valence-corrected chi connectivity index (χ3v) is 5.21. The van der Waals surface area contributed by atoms with Crippen LogP contribution < -0.4 is 10.3 Å². The van der Waals surface area contributed by atoms with Gasteiger partial charge in [-0.25, -0.2) is 0 Å². The van der Waals surface area contributed by atoms with E-state index >= 15 is 0 Å². The van der Waals surface area contributed by atoms with Gasteiger partial charge in [0.05, 0.1) is 18.4 Å². The number of alkyl halides is 3. The number of methoxy groups -OCH3 is 1. The molecule has 0 N–H and O–H groups in total. The van der Waals surface area contributed by atoms with Crippen LogP contribution in [0.3, 0.4) is 0 Å². The smallest absolute Gasteiger partial charge is 0.416 e. The van der Waals surface area contributed by atoms with Crippen molar-refractivity contribution in [2.45, 2.75) is 23.0 Å². The molecule has 2 aromatic carbocycles. The molecular formula is C20H14F3N3O2S. The number of halogens is 3. The number of benzene rings is 2. The van der Waals surface area contributed by atoms with E-state index in [9.17, 15) is 23.2 Å². The molecule has 3 aromatic rings. The van der Waals surface area contributed by atoms with Crippen LogP contribution in [0.5, 0.6) is 5.75 Å². The summed E-state index contributed by atoms with van der Waals surface area (Å²) in [6, 6.07) is 13.0. The monoisotopic (exact) mass is 417 g/mol. The molecule has 0 fully saturated rings. The molecule has 0 aliphatic rings. The van der Waals surface area contributed by atoms with E-state index in [2.05, 4.69) is 5.10 Å². The van der Waals surface area contributed by atoms with Gasteiger partial charge in [-0.1, -0.05) is 11.8 Å². The Balaban J connectivity index is 2.05. The first kappa shape index (κ1) is 20.5. The summed E-state index contributed by atoms with van der Waals surface area (Å²) in [4.78, 5) is 13.1. The minimum absolute atomic E-state index is 0.0785. The van der Waals surface area contributed by atoms with E-state index in [0.717, 1.165) is 28.6 Å². The van der Waals surface area contributed by atoms with Gasteiger partial charge in [-0.2, -0.15) is 28.2 Å². The molecule has 0 atom stereocenters. The van der Waals surface area contributed by atoms with Crippen LogP contribution in [0.25, 0.3) is 5.69 Å². The third kappa shape index (κ3) is 4.27. The second kappa shape index (κ2) is 8.01. The van der Waals surface area contributed by atoms with Crippen LogP contribution in [0.1, 0.15) is 16.7 Å². The molecule has 0 saturated carbocycles. The molecular weight excluding hydrogens is 403 g/mol. The molecule has 9 heteroatoms. The first-order valence-corrected chi connectivity index (χ1v) is 9.10. The van der Waals surface area contributed by atoms with Gasteiger partial charge in [-0.05, 0) is 55.5 Å². The summed E-state index contributed by atoms with van der Waals surface area (Å²) < 4.78 is 44.4. The highest BCUT2D eigenvalue weighted by Crippen LogP contribution is 2.33. The topological polar surface area (TPSA) is 67.9 Å². The fourth-order valence-corrected chi connectivity index (χ4v) is 3.41. The van der Waals surface area contributed by atoms with Gasteiger partial charge >= 0.3 is 6.18 Å². The summed E-state index contributed by atoms with van der Waals surface area (Å²) in [6.07, 6.45) is -4.42. The van der Waals surface area contributed by atoms with Gasteiger partial charge in [-0.3, -0.25) is 4.79 Å². The third-order valence-electron chi connectivity index (χ3n) is 4.12. The maximum Gasteiger partial charge on any atom is 0.416 e. The van der Waals surface area contributed by atoms with Crippen molar-refractivity contribution in [2.75, 3.05) is 7.11 Å². The number of hydrogen-bond donors (Lipinski definition) is 0. The van der Waals surface area contributed by atoms with Crippen molar-refractivity contribution in [3.63, 3.8) is 0 Å². The van der Waals surface area contributed by atoms with E-state index < -0.39 is 17.3 Å². The molecule has 1 aromatic heterocycles. The minimum Gasteiger partial charge on any atom is -0.497 e. The predicted molar refractivity (Wildman–Crippen MR) is 101 cm³/mol. The number of nitriles is 1. The highest BCUT2D eigenvalue weighted by Gasteiger charge is 2.30. The highest BCUT2D eigenvalue weighted by molar-refractivity contribution is 7.99. The van der Waals surface area contributed by atoms with E-state index in [1.54, 1.807) is 31.2 Å². The average molecular weight is 417 g/mol. The molecule has 0 bridgehead atoms. The molecule has 0 radical (unpaired) electrons. The van der Waals surface area contributed by atoms with Crippen molar-refractivity contribution in [3.05, 3.63) is 75.6 Å². The quantitative estimate of drug-likeness (QED) is 0.621. The van der Waals surface area contributed by atoms with Crippen molar-refractivity contribution in [2.24, 2.45) is 0 Å². The maximum absolute atomic E-state index is 12.7. The lowest BCUT2D eigenvalue weighted by Crippen LogP contribution is -2.25. The van der Waals surface area contributed by atoms with Crippen LogP contribution in [0, 0.1) is 18.3 Å². The molecule has 1 heterocycles. The van der Waals surface area contributed by atoms with E-state index in [4.69, 9.17) is 4.74 Å². The Hall–Kier alpha value is -3.25. The van der Waals surface area contributed by atoms with Crippen molar-refractivity contribution < 1.29 is 17.9 Å². The molecule has 0 saturated heterocycles. The summed E-state index contributed by atoms with van der Waals surface area (Å²) >= 11 is 1.07. The molecule has 0 unspecified atom stereocenters. The molecule has 0 amide bonds. The zero-order valence-electron chi connectivity index (χ0n) is 15.3. The molecule has 3 rings (SSSR count). The lowest BCUT2D eigenvalue weighted by Gasteiger charge is -2.12. The molecule has 0 spiro atoms. The average Bonchev–Trinajstić information content (AvgIpc) is 2.70. The number of ether oxygens (including phenoxy) is 1. The Morgan fingerprint density at radius 1 is 1.10 bits per heavy atom. The van der Waals surface area contributed by atoms with Crippen LogP contribution in [0.15, 0.2) is 63.2 Å². The van der Waals surface area contributed by atoms with Crippen molar-refractivity contribution in [1.29, 1.82) is 5.26 Å². The number of nitrogens with zero attached hydrogens (tertiary/aromatic N) is 3. The Morgan fingerprint density at radius 3 is 2.24 bits per heavy atom. The molecule has 0 aliphatic heterocycles. The maximum atomic E-state index is 12.7. The lowest BCUT2D eigenvalue weighted by molar-refractivity contribution is -0.137. The standard InChI is InChI=1S/C20H14F3N3O2S/c1-12-17(11-24)19(27)26(14-5-7-15(28-2)8-6-14)25-18(12)29-16-9-3-13(4-10-16)20(21,22)23/h3-10H,1-2H3. The summed E-state index contributed by atoms with van der Waals surface area (Å²) in [7, 11) is 1.51. The second-order valence-corrected chi connectivity index (χ2v) is 7.02. The van der Waals surface area contributed by atoms with Crippen LogP contribution in [0.4, 0.5) is 13.2 Å².